The van der Waals surface area contributed by atoms with E-state index in [1.807, 2.05) is 19.1 Å². The highest BCUT2D eigenvalue weighted by Gasteiger charge is 2.07. The SMILES string of the molecule is CCc1c(C#N)c[nH]c(=S)c1C#N. The molecule has 0 amide bonds. The fraction of sp³-hybridized carbons (Fsp3) is 0.222. The predicted molar refractivity (Wildman–Crippen MR) is 50.4 cm³/mol. The Morgan fingerprint density at radius 3 is 2.62 bits per heavy atom. The summed E-state index contributed by atoms with van der Waals surface area (Å²) < 4.78 is 0.401. The van der Waals surface area contributed by atoms with Crippen molar-refractivity contribution in [2.45, 2.75) is 13.3 Å². The van der Waals surface area contributed by atoms with Gasteiger partial charge < -0.3 is 4.98 Å². The predicted octanol–water partition coefficient (Wildman–Crippen LogP) is 2.05. The Morgan fingerprint density at radius 1 is 1.46 bits per heavy atom. The van der Waals surface area contributed by atoms with E-state index in [1.165, 1.54) is 0 Å². The maximum atomic E-state index is 8.80. The second-order valence-electron chi connectivity index (χ2n) is 2.46. The highest BCUT2D eigenvalue weighted by atomic mass is 32.1. The third-order valence-corrected chi connectivity index (χ3v) is 2.11. The van der Waals surface area contributed by atoms with Crippen LogP contribution in [0.15, 0.2) is 6.20 Å². The van der Waals surface area contributed by atoms with Crippen LogP contribution in [-0.4, -0.2) is 4.98 Å². The lowest BCUT2D eigenvalue weighted by Crippen LogP contribution is -1.96. The Balaban J connectivity index is 3.60. The average molecular weight is 189 g/mol. The van der Waals surface area contributed by atoms with Gasteiger partial charge in [0.15, 0.2) is 0 Å². The minimum absolute atomic E-state index is 0.401. The Morgan fingerprint density at radius 2 is 2.15 bits per heavy atom. The molecular formula is C9H7N3S. The molecule has 1 rings (SSSR count). The van der Waals surface area contributed by atoms with Crippen molar-refractivity contribution in [3.05, 3.63) is 27.5 Å². The number of nitriles is 2. The summed E-state index contributed by atoms with van der Waals surface area (Å²) in [5.41, 5.74) is 1.64. The molecule has 0 aromatic carbocycles. The van der Waals surface area contributed by atoms with Crippen LogP contribution in [0.4, 0.5) is 0 Å². The van der Waals surface area contributed by atoms with Gasteiger partial charge in [0.1, 0.15) is 16.8 Å². The number of hydrogen-bond donors (Lipinski definition) is 1. The number of nitrogens with one attached hydrogen (secondary N) is 1. The Kier molecular flexibility index (Phi) is 2.79. The lowest BCUT2D eigenvalue weighted by atomic mass is 10.0. The molecule has 1 N–H and O–H groups in total. The van der Waals surface area contributed by atoms with Gasteiger partial charge in [0.25, 0.3) is 0 Å². The number of nitrogens with zero attached hydrogens (tertiary/aromatic N) is 2. The first-order valence-electron chi connectivity index (χ1n) is 3.79. The highest BCUT2D eigenvalue weighted by Crippen LogP contribution is 2.13. The maximum absolute atomic E-state index is 8.80. The van der Waals surface area contributed by atoms with Gasteiger partial charge in [-0.25, -0.2) is 0 Å². The molecule has 1 heterocycles. The summed E-state index contributed by atoms with van der Waals surface area (Å²) in [5, 5.41) is 17.6. The van der Waals surface area contributed by atoms with E-state index < -0.39 is 0 Å². The van der Waals surface area contributed by atoms with Gasteiger partial charge in [0.05, 0.1) is 11.1 Å². The molecule has 0 aliphatic rings. The lowest BCUT2D eigenvalue weighted by Gasteiger charge is -2.01. The van der Waals surface area contributed by atoms with E-state index in [-0.39, 0.29) is 0 Å². The molecule has 0 aliphatic heterocycles. The average Bonchev–Trinajstić information content (AvgIpc) is 2.17. The molecule has 4 heteroatoms. The summed E-state index contributed by atoms with van der Waals surface area (Å²) in [4.78, 5) is 2.71. The van der Waals surface area contributed by atoms with Crippen LogP contribution in [0.2, 0.25) is 0 Å². The quantitative estimate of drug-likeness (QED) is 0.687. The van der Waals surface area contributed by atoms with Crippen molar-refractivity contribution in [3.8, 4) is 12.1 Å². The highest BCUT2D eigenvalue weighted by molar-refractivity contribution is 7.71. The van der Waals surface area contributed by atoms with Gasteiger partial charge in [0, 0.05) is 6.20 Å². The molecule has 13 heavy (non-hydrogen) atoms. The van der Waals surface area contributed by atoms with Crippen molar-refractivity contribution >= 4 is 12.2 Å². The van der Waals surface area contributed by atoms with E-state index in [1.54, 1.807) is 6.20 Å². The van der Waals surface area contributed by atoms with Gasteiger partial charge in [-0.3, -0.25) is 0 Å². The molecule has 3 nitrogen and oxygen atoms in total. The summed E-state index contributed by atoms with van der Waals surface area (Å²) in [5.74, 6) is 0. The minimum Gasteiger partial charge on any atom is -0.350 e. The second kappa shape index (κ2) is 3.84. The van der Waals surface area contributed by atoms with Crippen LogP contribution in [0.1, 0.15) is 23.6 Å². The zero-order valence-corrected chi connectivity index (χ0v) is 7.90. The van der Waals surface area contributed by atoms with E-state index >= 15 is 0 Å². The molecule has 0 unspecified atom stereocenters. The van der Waals surface area contributed by atoms with E-state index in [9.17, 15) is 0 Å². The first kappa shape index (κ1) is 9.44. The van der Waals surface area contributed by atoms with Crippen LogP contribution in [0.3, 0.4) is 0 Å². The van der Waals surface area contributed by atoms with Gasteiger partial charge in [-0.1, -0.05) is 19.1 Å². The topological polar surface area (TPSA) is 63.4 Å². The number of rotatable bonds is 1. The monoisotopic (exact) mass is 189 g/mol. The van der Waals surface area contributed by atoms with E-state index in [2.05, 4.69) is 4.98 Å². The summed E-state index contributed by atoms with van der Waals surface area (Å²) in [6, 6.07) is 4.02. The molecule has 64 valence electrons. The number of hydrogen-bond acceptors (Lipinski definition) is 3. The van der Waals surface area contributed by atoms with Crippen molar-refractivity contribution in [1.29, 1.82) is 10.5 Å². The molecule has 0 atom stereocenters. The molecular weight excluding hydrogens is 182 g/mol. The fourth-order valence-corrected chi connectivity index (χ4v) is 1.38. The second-order valence-corrected chi connectivity index (χ2v) is 2.87. The van der Waals surface area contributed by atoms with Gasteiger partial charge in [-0.2, -0.15) is 10.5 Å². The van der Waals surface area contributed by atoms with E-state index in [0.29, 0.717) is 22.2 Å². The van der Waals surface area contributed by atoms with Gasteiger partial charge in [-0.05, 0) is 12.0 Å². The third kappa shape index (κ3) is 1.58. The molecule has 0 aliphatic carbocycles. The fourth-order valence-electron chi connectivity index (χ4n) is 1.15. The zero-order valence-electron chi connectivity index (χ0n) is 7.09. The molecule has 0 bridgehead atoms. The van der Waals surface area contributed by atoms with E-state index in [0.717, 1.165) is 5.56 Å². The molecule has 0 radical (unpaired) electrons. The van der Waals surface area contributed by atoms with Crippen LogP contribution in [0, 0.1) is 27.3 Å². The zero-order chi connectivity index (χ0) is 9.84. The largest absolute Gasteiger partial charge is 0.350 e. The van der Waals surface area contributed by atoms with Gasteiger partial charge in [0.2, 0.25) is 0 Å². The molecule has 0 saturated heterocycles. The number of aromatic amines is 1. The normalized spacial score (nSPS) is 8.85. The van der Waals surface area contributed by atoms with Crippen LogP contribution in [0.5, 0.6) is 0 Å². The Hall–Kier alpha value is -1.65. The van der Waals surface area contributed by atoms with Crippen LogP contribution in [0.25, 0.3) is 0 Å². The van der Waals surface area contributed by atoms with Crippen LogP contribution >= 0.6 is 12.2 Å². The first-order valence-corrected chi connectivity index (χ1v) is 4.20. The van der Waals surface area contributed by atoms with Crippen molar-refractivity contribution in [2.24, 2.45) is 0 Å². The van der Waals surface area contributed by atoms with Crippen molar-refractivity contribution in [2.75, 3.05) is 0 Å². The summed E-state index contributed by atoms with van der Waals surface area (Å²) >= 11 is 4.93. The standard InChI is InChI=1S/C9H7N3S/c1-2-7-6(3-10)5-12-9(13)8(7)4-11/h5H,2H2,1H3,(H,12,13). The Labute approximate surface area is 81.3 Å². The third-order valence-electron chi connectivity index (χ3n) is 1.79. The van der Waals surface area contributed by atoms with Crippen molar-refractivity contribution in [1.82, 2.24) is 4.98 Å². The molecule has 1 aromatic heterocycles. The van der Waals surface area contributed by atoms with Crippen molar-refractivity contribution < 1.29 is 0 Å². The summed E-state index contributed by atoms with van der Waals surface area (Å²) in [6.45, 7) is 1.89. The first-order chi connectivity index (χ1) is 6.24. The van der Waals surface area contributed by atoms with E-state index in [4.69, 9.17) is 22.7 Å². The van der Waals surface area contributed by atoms with Crippen molar-refractivity contribution in [3.63, 3.8) is 0 Å². The van der Waals surface area contributed by atoms with Crippen LogP contribution < -0.4 is 0 Å². The van der Waals surface area contributed by atoms with Gasteiger partial charge in [-0.15, -0.1) is 0 Å². The maximum Gasteiger partial charge on any atom is 0.121 e. The smallest absolute Gasteiger partial charge is 0.121 e. The lowest BCUT2D eigenvalue weighted by molar-refractivity contribution is 1.08. The molecule has 1 aromatic rings. The molecule has 0 saturated carbocycles. The number of aromatic nitrogens is 1. The minimum atomic E-state index is 0.401. The number of pyridine rings is 1. The Bertz CT molecular complexity index is 459. The molecule has 0 fully saturated rings. The molecule has 0 spiro atoms. The van der Waals surface area contributed by atoms with Gasteiger partial charge >= 0.3 is 0 Å². The number of H-pyrrole nitrogens is 1. The van der Waals surface area contributed by atoms with Crippen LogP contribution in [-0.2, 0) is 6.42 Å². The summed E-state index contributed by atoms with van der Waals surface area (Å²) in [6.07, 6.45) is 2.19. The summed E-state index contributed by atoms with van der Waals surface area (Å²) in [7, 11) is 0.